The van der Waals surface area contributed by atoms with Crippen molar-refractivity contribution in [1.29, 1.82) is 0 Å². The summed E-state index contributed by atoms with van der Waals surface area (Å²) in [5.41, 5.74) is 8.08. The fourth-order valence-corrected chi connectivity index (χ4v) is 3.54. The molecule has 1 aromatic carbocycles. The first-order valence-electron chi connectivity index (χ1n) is 8.44. The van der Waals surface area contributed by atoms with Crippen LogP contribution in [0.2, 0.25) is 0 Å². The molecular formula is C18H24N2O4. The number of carbonyl (C=O) groups is 2. The summed E-state index contributed by atoms with van der Waals surface area (Å²) in [7, 11) is 1.57. The summed E-state index contributed by atoms with van der Waals surface area (Å²) in [6, 6.07) is 5.40. The van der Waals surface area contributed by atoms with Crippen molar-refractivity contribution < 1.29 is 19.1 Å². The molecule has 2 aliphatic rings. The van der Waals surface area contributed by atoms with Gasteiger partial charge in [0, 0.05) is 20.1 Å². The third kappa shape index (κ3) is 3.53. The normalized spacial score (nSPS) is 23.0. The molecule has 2 atom stereocenters. The largest absolute Gasteiger partial charge is 0.484 e. The van der Waals surface area contributed by atoms with Gasteiger partial charge in [-0.3, -0.25) is 9.59 Å². The van der Waals surface area contributed by atoms with Gasteiger partial charge < -0.3 is 20.1 Å². The molecule has 0 saturated carbocycles. The Labute approximate surface area is 141 Å². The lowest BCUT2D eigenvalue weighted by Gasteiger charge is -2.22. The van der Waals surface area contributed by atoms with Crippen molar-refractivity contribution in [3.8, 4) is 5.75 Å². The lowest BCUT2D eigenvalue weighted by atomic mass is 9.92. The molecule has 3 rings (SSSR count). The van der Waals surface area contributed by atoms with Crippen molar-refractivity contribution in [2.75, 3.05) is 20.3 Å². The molecule has 130 valence electrons. The Kier molecular flexibility index (Phi) is 5.04. The van der Waals surface area contributed by atoms with Crippen LogP contribution in [0.25, 0.3) is 0 Å². The molecule has 1 fully saturated rings. The SMILES string of the molecule is CO[C@H]1C[C@@H](C(N)=O)N(C(=O)COc2ccc3c(c2)CCCC3)C1. The Morgan fingerprint density at radius 2 is 2.00 bits per heavy atom. The number of hydrogen-bond acceptors (Lipinski definition) is 4. The molecule has 1 heterocycles. The van der Waals surface area contributed by atoms with E-state index in [4.69, 9.17) is 15.2 Å². The highest BCUT2D eigenvalue weighted by Gasteiger charge is 2.38. The second kappa shape index (κ2) is 7.21. The van der Waals surface area contributed by atoms with E-state index in [0.717, 1.165) is 12.8 Å². The predicted molar refractivity (Wildman–Crippen MR) is 88.7 cm³/mol. The molecule has 6 heteroatoms. The number of rotatable bonds is 5. The second-order valence-corrected chi connectivity index (χ2v) is 6.48. The number of likely N-dealkylation sites (tertiary alicyclic amines) is 1. The van der Waals surface area contributed by atoms with Gasteiger partial charge >= 0.3 is 0 Å². The Hall–Kier alpha value is -2.08. The topological polar surface area (TPSA) is 81.9 Å². The number of hydrogen-bond donors (Lipinski definition) is 1. The summed E-state index contributed by atoms with van der Waals surface area (Å²) in [6.45, 7) is 0.273. The van der Waals surface area contributed by atoms with Gasteiger partial charge in [-0.1, -0.05) is 6.07 Å². The van der Waals surface area contributed by atoms with Crippen LogP contribution < -0.4 is 10.5 Å². The zero-order chi connectivity index (χ0) is 17.1. The number of benzene rings is 1. The maximum Gasteiger partial charge on any atom is 0.261 e. The molecule has 1 saturated heterocycles. The quantitative estimate of drug-likeness (QED) is 0.874. The first-order chi connectivity index (χ1) is 11.6. The summed E-state index contributed by atoms with van der Waals surface area (Å²) in [5, 5.41) is 0. The predicted octanol–water partition coefficient (Wildman–Crippen LogP) is 1.05. The van der Waals surface area contributed by atoms with Crippen LogP contribution in [-0.2, 0) is 27.2 Å². The summed E-state index contributed by atoms with van der Waals surface area (Å²) in [5.74, 6) is -0.0464. The molecule has 0 unspecified atom stereocenters. The zero-order valence-corrected chi connectivity index (χ0v) is 14.0. The van der Waals surface area contributed by atoms with E-state index in [1.165, 1.54) is 28.9 Å². The van der Waals surface area contributed by atoms with Gasteiger partial charge in [0.2, 0.25) is 5.91 Å². The Bertz CT molecular complexity index is 631. The third-order valence-electron chi connectivity index (χ3n) is 4.93. The van der Waals surface area contributed by atoms with Crippen LogP contribution in [0, 0.1) is 0 Å². The number of nitrogens with two attached hydrogens (primary N) is 1. The van der Waals surface area contributed by atoms with Crippen molar-refractivity contribution in [2.24, 2.45) is 5.73 Å². The van der Waals surface area contributed by atoms with E-state index in [9.17, 15) is 9.59 Å². The van der Waals surface area contributed by atoms with Gasteiger partial charge in [0.25, 0.3) is 5.91 Å². The molecule has 0 spiro atoms. The lowest BCUT2D eigenvalue weighted by Crippen LogP contribution is -2.45. The van der Waals surface area contributed by atoms with Crippen molar-refractivity contribution in [2.45, 2.75) is 44.2 Å². The van der Waals surface area contributed by atoms with E-state index >= 15 is 0 Å². The average molecular weight is 332 g/mol. The summed E-state index contributed by atoms with van der Waals surface area (Å²) in [6.07, 6.45) is 4.89. The van der Waals surface area contributed by atoms with Gasteiger partial charge in [0.15, 0.2) is 6.61 Å². The number of primary amides is 1. The maximum atomic E-state index is 12.4. The van der Waals surface area contributed by atoms with Crippen LogP contribution >= 0.6 is 0 Å². The average Bonchev–Trinajstić information content (AvgIpc) is 3.04. The van der Waals surface area contributed by atoms with Gasteiger partial charge in [-0.2, -0.15) is 0 Å². The molecule has 1 aliphatic heterocycles. The van der Waals surface area contributed by atoms with Gasteiger partial charge in [-0.25, -0.2) is 0 Å². The standard InChI is InChI=1S/C18H24N2O4/c1-23-15-9-16(18(19)22)20(10-15)17(21)11-24-14-7-6-12-4-2-3-5-13(12)8-14/h6-8,15-16H,2-5,9-11H2,1H3,(H2,19,22)/t15-,16-/m0/s1. The fraction of sp³-hybridized carbons (Fsp3) is 0.556. The minimum absolute atomic E-state index is 0.0982. The fourth-order valence-electron chi connectivity index (χ4n) is 3.54. The number of amides is 2. The third-order valence-corrected chi connectivity index (χ3v) is 4.93. The molecule has 0 aromatic heterocycles. The van der Waals surface area contributed by atoms with Crippen LogP contribution in [0.3, 0.4) is 0 Å². The second-order valence-electron chi connectivity index (χ2n) is 6.48. The van der Waals surface area contributed by atoms with Crippen molar-refractivity contribution in [3.63, 3.8) is 0 Å². The minimum Gasteiger partial charge on any atom is -0.484 e. The van der Waals surface area contributed by atoms with Gasteiger partial charge in [-0.15, -0.1) is 0 Å². The first-order valence-corrected chi connectivity index (χ1v) is 8.44. The molecule has 0 bridgehead atoms. The smallest absolute Gasteiger partial charge is 0.261 e. The van der Waals surface area contributed by atoms with Crippen molar-refractivity contribution in [1.82, 2.24) is 4.90 Å². The number of aryl methyl sites for hydroxylation is 2. The molecule has 24 heavy (non-hydrogen) atoms. The summed E-state index contributed by atoms with van der Waals surface area (Å²) >= 11 is 0. The van der Waals surface area contributed by atoms with Crippen LogP contribution in [0.1, 0.15) is 30.4 Å². The first kappa shape index (κ1) is 16.8. The van der Waals surface area contributed by atoms with E-state index in [-0.39, 0.29) is 18.6 Å². The summed E-state index contributed by atoms with van der Waals surface area (Å²) in [4.78, 5) is 25.4. The molecule has 1 aromatic rings. The van der Waals surface area contributed by atoms with Crippen LogP contribution in [0.15, 0.2) is 18.2 Å². The number of methoxy groups -OCH3 is 1. The lowest BCUT2D eigenvalue weighted by molar-refractivity contribution is -0.139. The highest BCUT2D eigenvalue weighted by Crippen LogP contribution is 2.26. The minimum atomic E-state index is -0.616. The van der Waals surface area contributed by atoms with Crippen LogP contribution in [0.4, 0.5) is 0 Å². The Balaban J connectivity index is 1.61. The highest BCUT2D eigenvalue weighted by molar-refractivity contribution is 5.88. The van der Waals surface area contributed by atoms with Crippen molar-refractivity contribution >= 4 is 11.8 Å². The van der Waals surface area contributed by atoms with Crippen LogP contribution in [-0.4, -0.2) is 49.1 Å². The summed E-state index contributed by atoms with van der Waals surface area (Å²) < 4.78 is 10.9. The highest BCUT2D eigenvalue weighted by atomic mass is 16.5. The molecule has 6 nitrogen and oxygen atoms in total. The zero-order valence-electron chi connectivity index (χ0n) is 14.0. The number of nitrogens with zero attached hydrogens (tertiary/aromatic N) is 1. The van der Waals surface area contributed by atoms with Gasteiger partial charge in [-0.05, 0) is 48.9 Å². The van der Waals surface area contributed by atoms with E-state index in [1.54, 1.807) is 7.11 Å². The van der Waals surface area contributed by atoms with Crippen LogP contribution in [0.5, 0.6) is 5.75 Å². The van der Waals surface area contributed by atoms with E-state index in [2.05, 4.69) is 6.07 Å². The number of ether oxygens (including phenoxy) is 2. The monoisotopic (exact) mass is 332 g/mol. The van der Waals surface area contributed by atoms with E-state index < -0.39 is 11.9 Å². The molecule has 1 aliphatic carbocycles. The molecule has 2 N–H and O–H groups in total. The Morgan fingerprint density at radius 1 is 1.25 bits per heavy atom. The molecule has 0 radical (unpaired) electrons. The molecule has 2 amide bonds. The number of fused-ring (bicyclic) bond motifs is 1. The van der Waals surface area contributed by atoms with E-state index in [0.29, 0.717) is 18.7 Å². The maximum absolute atomic E-state index is 12.4. The van der Waals surface area contributed by atoms with Gasteiger partial charge in [0.1, 0.15) is 11.8 Å². The number of carbonyl (C=O) groups excluding carboxylic acids is 2. The molecular weight excluding hydrogens is 308 g/mol. The van der Waals surface area contributed by atoms with Crippen molar-refractivity contribution in [3.05, 3.63) is 29.3 Å². The van der Waals surface area contributed by atoms with Gasteiger partial charge in [0.05, 0.1) is 6.10 Å². The van der Waals surface area contributed by atoms with E-state index in [1.807, 2.05) is 12.1 Å². The Morgan fingerprint density at radius 3 is 2.71 bits per heavy atom.